The molecule has 1 heterocycles. The number of unbranched alkanes of at least 4 members (excludes halogenated alkanes) is 1. The number of carbonyl (C=O) groups is 2. The molecule has 1 aromatic rings. The van der Waals surface area contributed by atoms with E-state index in [4.69, 9.17) is 9.47 Å². The maximum absolute atomic E-state index is 13.1. The van der Waals surface area contributed by atoms with Crippen LogP contribution in [0.3, 0.4) is 0 Å². The van der Waals surface area contributed by atoms with E-state index in [1.807, 2.05) is 38.1 Å². The Hall–Kier alpha value is -2.42. The lowest BCUT2D eigenvalue weighted by Gasteiger charge is -2.41. The number of benzene rings is 1. The first-order chi connectivity index (χ1) is 16.0. The van der Waals surface area contributed by atoms with Crippen LogP contribution < -0.4 is 10.1 Å². The van der Waals surface area contributed by atoms with Crippen molar-refractivity contribution in [3.05, 3.63) is 41.5 Å². The zero-order valence-electron chi connectivity index (χ0n) is 19.5. The summed E-state index contributed by atoms with van der Waals surface area (Å²) in [5.74, 6) is -0.195. The molecule has 8 heteroatoms. The molecule has 4 atom stereocenters. The van der Waals surface area contributed by atoms with E-state index in [0.717, 1.165) is 18.4 Å². The molecule has 2 aliphatic rings. The van der Waals surface area contributed by atoms with Crippen LogP contribution in [-0.4, -0.2) is 78.1 Å². The van der Waals surface area contributed by atoms with Gasteiger partial charge in [-0.2, -0.15) is 0 Å². The van der Waals surface area contributed by atoms with Crippen molar-refractivity contribution in [2.24, 2.45) is 0 Å². The molecule has 0 bridgehead atoms. The minimum absolute atomic E-state index is 0.0577. The number of para-hydroxylation sites is 1. The molecular formula is C25H36N2O6. The maximum Gasteiger partial charge on any atom is 0.247 e. The third-order valence-electron chi connectivity index (χ3n) is 6.19. The molecular weight excluding hydrogens is 424 g/mol. The second-order valence-corrected chi connectivity index (χ2v) is 8.42. The molecule has 4 unspecified atom stereocenters. The van der Waals surface area contributed by atoms with Crippen molar-refractivity contribution in [1.82, 2.24) is 10.2 Å². The molecule has 1 aromatic carbocycles. The highest BCUT2D eigenvalue weighted by Crippen LogP contribution is 2.47. The highest BCUT2D eigenvalue weighted by Gasteiger charge is 2.50. The van der Waals surface area contributed by atoms with Crippen molar-refractivity contribution >= 4 is 11.8 Å². The monoisotopic (exact) mass is 460 g/mol. The van der Waals surface area contributed by atoms with Crippen LogP contribution in [0, 0.1) is 0 Å². The largest absolute Gasteiger partial charge is 0.486 e. The van der Waals surface area contributed by atoms with Crippen molar-refractivity contribution in [3.63, 3.8) is 0 Å². The Balaban J connectivity index is 1.95. The fourth-order valence-electron chi connectivity index (χ4n) is 4.58. The number of nitrogens with one attached hydrogen (secondary N) is 1. The minimum atomic E-state index is -0.991. The first-order valence-corrected chi connectivity index (χ1v) is 11.9. The number of aliphatic hydroxyl groups excluding tert-OH is 2. The first kappa shape index (κ1) is 25.2. The Morgan fingerprint density at radius 3 is 2.73 bits per heavy atom. The van der Waals surface area contributed by atoms with Gasteiger partial charge in [0.25, 0.3) is 0 Å². The fourth-order valence-corrected chi connectivity index (χ4v) is 4.58. The second kappa shape index (κ2) is 12.2. The first-order valence-electron chi connectivity index (χ1n) is 11.9. The summed E-state index contributed by atoms with van der Waals surface area (Å²) in [6, 6.07) is 6.75. The number of hydrogen-bond donors (Lipinski definition) is 3. The molecule has 0 spiro atoms. The quantitative estimate of drug-likeness (QED) is 0.410. The van der Waals surface area contributed by atoms with E-state index in [-0.39, 0.29) is 25.0 Å². The third kappa shape index (κ3) is 5.75. The number of amides is 2. The van der Waals surface area contributed by atoms with Gasteiger partial charge in [-0.1, -0.05) is 31.5 Å². The lowest BCUT2D eigenvalue weighted by atomic mass is 9.77. The summed E-state index contributed by atoms with van der Waals surface area (Å²) in [6.45, 7) is 5.42. The maximum atomic E-state index is 13.1. The summed E-state index contributed by atoms with van der Waals surface area (Å²) >= 11 is 0. The van der Waals surface area contributed by atoms with Gasteiger partial charge in [-0.15, -0.1) is 0 Å². The summed E-state index contributed by atoms with van der Waals surface area (Å²) in [7, 11) is 0. The predicted octanol–water partition coefficient (Wildman–Crippen LogP) is 1.75. The smallest absolute Gasteiger partial charge is 0.247 e. The molecule has 33 heavy (non-hydrogen) atoms. The van der Waals surface area contributed by atoms with Gasteiger partial charge in [0.15, 0.2) is 0 Å². The third-order valence-corrected chi connectivity index (χ3v) is 6.19. The number of rotatable bonds is 12. The van der Waals surface area contributed by atoms with Gasteiger partial charge in [0.2, 0.25) is 11.8 Å². The molecule has 1 aliphatic carbocycles. The summed E-state index contributed by atoms with van der Waals surface area (Å²) in [5.41, 5.74) is 1.29. The van der Waals surface area contributed by atoms with E-state index >= 15 is 0 Å². The van der Waals surface area contributed by atoms with E-state index < -0.39 is 24.2 Å². The molecule has 0 saturated carbocycles. The van der Waals surface area contributed by atoms with Crippen LogP contribution in [0.4, 0.5) is 0 Å². The standard InChI is InChI=1S/C25H36N2O6/c1-3-5-11-21(29)27(13-8-15-32-4-2)19-16-18(25(31)26-12-14-28)22-17-9-6-7-10-20(17)33-24(22)23(19)30/h6-7,9-10,16,19,22-24,28,30H,3-5,8,11-15H2,1-2H3,(H,26,31). The molecule has 0 radical (unpaired) electrons. The molecule has 182 valence electrons. The van der Waals surface area contributed by atoms with Gasteiger partial charge in [-0.05, 0) is 31.9 Å². The second-order valence-electron chi connectivity index (χ2n) is 8.42. The summed E-state index contributed by atoms with van der Waals surface area (Å²) in [5, 5.41) is 23.3. The molecule has 8 nitrogen and oxygen atoms in total. The van der Waals surface area contributed by atoms with Crippen LogP contribution >= 0.6 is 0 Å². The van der Waals surface area contributed by atoms with Crippen LogP contribution in [0.2, 0.25) is 0 Å². The van der Waals surface area contributed by atoms with E-state index in [0.29, 0.717) is 43.9 Å². The van der Waals surface area contributed by atoms with Crippen LogP contribution in [0.15, 0.2) is 35.9 Å². The zero-order chi connectivity index (χ0) is 23.8. The Morgan fingerprint density at radius 1 is 1.21 bits per heavy atom. The number of hydrogen-bond acceptors (Lipinski definition) is 6. The molecule has 0 saturated heterocycles. The van der Waals surface area contributed by atoms with E-state index in [1.165, 1.54) is 0 Å². The average Bonchev–Trinajstić information content (AvgIpc) is 3.22. The van der Waals surface area contributed by atoms with Crippen molar-refractivity contribution in [3.8, 4) is 5.75 Å². The normalized spacial score (nSPS) is 23.2. The Bertz CT molecular complexity index is 842. The molecule has 3 rings (SSSR count). The molecule has 0 fully saturated rings. The number of ether oxygens (including phenoxy) is 2. The Labute approximate surface area is 195 Å². The van der Waals surface area contributed by atoms with Gasteiger partial charge >= 0.3 is 0 Å². The van der Waals surface area contributed by atoms with Gasteiger partial charge in [0.05, 0.1) is 18.6 Å². The fraction of sp³-hybridized carbons (Fsp3) is 0.600. The van der Waals surface area contributed by atoms with E-state index in [2.05, 4.69) is 5.32 Å². The number of nitrogens with zero attached hydrogens (tertiary/aromatic N) is 1. The van der Waals surface area contributed by atoms with Crippen LogP contribution in [0.5, 0.6) is 5.75 Å². The van der Waals surface area contributed by atoms with E-state index in [9.17, 15) is 19.8 Å². The topological polar surface area (TPSA) is 108 Å². The summed E-state index contributed by atoms with van der Waals surface area (Å²) in [4.78, 5) is 27.9. The van der Waals surface area contributed by atoms with E-state index in [1.54, 1.807) is 11.0 Å². The molecule has 1 aliphatic heterocycles. The van der Waals surface area contributed by atoms with Gasteiger partial charge < -0.3 is 29.9 Å². The van der Waals surface area contributed by atoms with Gasteiger partial charge in [-0.25, -0.2) is 0 Å². The molecule has 0 aromatic heterocycles. The van der Waals surface area contributed by atoms with Gasteiger partial charge in [-0.3, -0.25) is 9.59 Å². The van der Waals surface area contributed by atoms with Gasteiger partial charge in [0, 0.05) is 43.9 Å². The lowest BCUT2D eigenvalue weighted by Crippen LogP contribution is -2.56. The Morgan fingerprint density at radius 2 is 2.00 bits per heavy atom. The van der Waals surface area contributed by atoms with Crippen molar-refractivity contribution in [2.45, 2.75) is 63.7 Å². The summed E-state index contributed by atoms with van der Waals surface area (Å²) < 4.78 is 11.6. The van der Waals surface area contributed by atoms with Crippen molar-refractivity contribution < 1.29 is 29.3 Å². The summed E-state index contributed by atoms with van der Waals surface area (Å²) in [6.07, 6.45) is 2.70. The Kier molecular flexibility index (Phi) is 9.29. The van der Waals surface area contributed by atoms with Gasteiger partial charge in [0.1, 0.15) is 18.0 Å². The SMILES string of the molecule is CCCCC(=O)N(CCCOCC)C1C=C(C(=O)NCCO)C2c3ccccc3OC2C1O. The number of aliphatic hydroxyl groups is 2. The van der Waals surface area contributed by atoms with Crippen LogP contribution in [-0.2, 0) is 14.3 Å². The predicted molar refractivity (Wildman–Crippen MR) is 124 cm³/mol. The zero-order valence-corrected chi connectivity index (χ0v) is 19.5. The average molecular weight is 461 g/mol. The minimum Gasteiger partial charge on any atom is -0.486 e. The lowest BCUT2D eigenvalue weighted by molar-refractivity contribution is -0.137. The number of fused-ring (bicyclic) bond motifs is 3. The molecule has 3 N–H and O–H groups in total. The highest BCUT2D eigenvalue weighted by atomic mass is 16.5. The molecule has 2 amide bonds. The van der Waals surface area contributed by atoms with Crippen LogP contribution in [0.1, 0.15) is 51.0 Å². The number of carbonyl (C=O) groups excluding carboxylic acids is 2. The van der Waals surface area contributed by atoms with Crippen molar-refractivity contribution in [2.75, 3.05) is 32.9 Å². The van der Waals surface area contributed by atoms with Crippen LogP contribution in [0.25, 0.3) is 0 Å². The highest BCUT2D eigenvalue weighted by molar-refractivity contribution is 5.96. The van der Waals surface area contributed by atoms with Crippen molar-refractivity contribution in [1.29, 1.82) is 0 Å².